The van der Waals surface area contributed by atoms with E-state index in [1.165, 1.54) is 35.6 Å². The number of hydrogen-bond acceptors (Lipinski definition) is 7. The van der Waals surface area contributed by atoms with Crippen LogP contribution >= 0.6 is 11.3 Å². The van der Waals surface area contributed by atoms with E-state index in [4.69, 9.17) is 15.3 Å². The van der Waals surface area contributed by atoms with Gasteiger partial charge in [-0.1, -0.05) is 12.1 Å². The van der Waals surface area contributed by atoms with Gasteiger partial charge in [0, 0.05) is 5.69 Å². The zero-order valence-corrected chi connectivity index (χ0v) is 18.6. The number of thiophene rings is 1. The summed E-state index contributed by atoms with van der Waals surface area (Å²) in [7, 11) is 0. The lowest BCUT2D eigenvalue weighted by atomic mass is 10.0. The first kappa shape index (κ1) is 22.0. The Morgan fingerprint density at radius 3 is 2.26 bits per heavy atom. The average molecular weight is 481 g/mol. The maximum absolute atomic E-state index is 15.0. The van der Waals surface area contributed by atoms with Gasteiger partial charge in [-0.15, -0.1) is 11.3 Å². The molecule has 6 nitrogen and oxygen atoms in total. The minimum atomic E-state index is -0.672. The van der Waals surface area contributed by atoms with E-state index < -0.39 is 11.6 Å². The summed E-state index contributed by atoms with van der Waals surface area (Å²) in [6, 6.07) is 20.8. The van der Waals surface area contributed by atoms with Crippen molar-refractivity contribution in [2.45, 2.75) is 0 Å². The number of nitrogens with one attached hydrogen (secondary N) is 1. The Hall–Kier alpha value is -4.86. The Balaban J connectivity index is 1.45. The highest BCUT2D eigenvalue weighted by Gasteiger charge is 2.15. The molecule has 0 aliphatic rings. The van der Waals surface area contributed by atoms with Crippen LogP contribution in [-0.2, 0) is 0 Å². The van der Waals surface area contributed by atoms with Crippen molar-refractivity contribution in [3.63, 3.8) is 0 Å². The van der Waals surface area contributed by atoms with Gasteiger partial charge < -0.3 is 10.1 Å². The normalized spacial score (nSPS) is 10.5. The number of ether oxygens (including phenoxy) is 1. The van der Waals surface area contributed by atoms with Gasteiger partial charge in [-0.3, -0.25) is 0 Å². The summed E-state index contributed by atoms with van der Waals surface area (Å²) in [6.07, 6.45) is 0. The molecule has 0 amide bonds. The number of fused-ring (bicyclic) bond motifs is 1. The van der Waals surface area contributed by atoms with Gasteiger partial charge in [-0.2, -0.15) is 15.5 Å². The minimum absolute atomic E-state index is 0.0550. The highest BCUT2D eigenvalue weighted by Crippen LogP contribution is 2.35. The Labute approximate surface area is 202 Å². The molecule has 2 aromatic heterocycles. The number of nitriles is 2. The molecular weight excluding hydrogens is 468 g/mol. The summed E-state index contributed by atoms with van der Waals surface area (Å²) in [5, 5.41) is 22.7. The molecule has 9 heteroatoms. The van der Waals surface area contributed by atoms with Crippen LogP contribution in [0.2, 0.25) is 0 Å². The number of nitrogens with zero attached hydrogens (tertiary/aromatic N) is 4. The smallest absolute Gasteiger partial charge is 0.242 e. The Morgan fingerprint density at radius 1 is 0.829 bits per heavy atom. The largest absolute Gasteiger partial charge is 0.434 e. The van der Waals surface area contributed by atoms with E-state index in [0.717, 1.165) is 0 Å². The topological polar surface area (TPSA) is 94.6 Å². The van der Waals surface area contributed by atoms with E-state index >= 15 is 0 Å². The van der Waals surface area contributed by atoms with Crippen LogP contribution in [-0.4, -0.2) is 9.97 Å². The SMILES string of the molecule is N#Cc1ccc(Nc2nc(Oc3ccc(-c4ccc(C#N)c(F)c4)cc3F)c3sccc3n2)cc1. The second-order valence-electron chi connectivity index (χ2n) is 7.36. The first-order chi connectivity index (χ1) is 17.0. The second kappa shape index (κ2) is 9.18. The molecule has 5 aromatic rings. The lowest BCUT2D eigenvalue weighted by Crippen LogP contribution is -2.00. The number of benzene rings is 3. The monoisotopic (exact) mass is 481 g/mol. The maximum atomic E-state index is 15.0. The van der Waals surface area contributed by atoms with Crippen LogP contribution in [0.1, 0.15) is 11.1 Å². The van der Waals surface area contributed by atoms with Crippen molar-refractivity contribution < 1.29 is 13.5 Å². The summed E-state index contributed by atoms with van der Waals surface area (Å²) >= 11 is 1.36. The van der Waals surface area contributed by atoms with Crippen LogP contribution in [0.15, 0.2) is 72.1 Å². The first-order valence-electron chi connectivity index (χ1n) is 10.2. The van der Waals surface area contributed by atoms with Gasteiger partial charge in [0.25, 0.3) is 0 Å². The van der Waals surface area contributed by atoms with Gasteiger partial charge in [0.1, 0.15) is 16.6 Å². The predicted octanol–water partition coefficient (Wildman–Crippen LogP) is 6.92. The molecule has 3 aromatic carbocycles. The van der Waals surface area contributed by atoms with Crippen LogP contribution in [0.3, 0.4) is 0 Å². The zero-order chi connectivity index (χ0) is 24.4. The minimum Gasteiger partial charge on any atom is -0.434 e. The van der Waals surface area contributed by atoms with E-state index in [-0.39, 0.29) is 23.1 Å². The van der Waals surface area contributed by atoms with Crippen LogP contribution in [0, 0.1) is 34.3 Å². The molecule has 0 aliphatic carbocycles. The lowest BCUT2D eigenvalue weighted by Gasteiger charge is -2.11. The number of hydrogen-bond donors (Lipinski definition) is 1. The van der Waals surface area contributed by atoms with E-state index in [0.29, 0.717) is 32.6 Å². The first-order valence-corrected chi connectivity index (χ1v) is 11.1. The van der Waals surface area contributed by atoms with Crippen molar-refractivity contribution in [2.75, 3.05) is 5.32 Å². The molecule has 35 heavy (non-hydrogen) atoms. The Kier molecular flexibility index (Phi) is 5.76. The summed E-state index contributed by atoms with van der Waals surface area (Å²) in [4.78, 5) is 8.88. The highest BCUT2D eigenvalue weighted by molar-refractivity contribution is 7.17. The van der Waals surface area contributed by atoms with Crippen molar-refractivity contribution >= 4 is 33.2 Å². The van der Waals surface area contributed by atoms with E-state index in [1.807, 2.05) is 5.38 Å². The number of halogens is 2. The third-order valence-corrected chi connectivity index (χ3v) is 6.00. The standard InChI is InChI=1S/C26H13F2N5OS/c27-20-11-16(3-4-18(20)14-30)17-5-8-23(21(28)12-17)34-25-24-22(9-10-35-24)32-26(33-25)31-19-6-1-15(13-29)2-7-19/h1-12H,(H,31,32,33). The molecule has 0 spiro atoms. The third-order valence-electron chi connectivity index (χ3n) is 5.10. The van der Waals surface area contributed by atoms with Gasteiger partial charge in [-0.25, -0.2) is 13.8 Å². The summed E-state index contributed by atoms with van der Waals surface area (Å²) in [5.74, 6) is -0.954. The van der Waals surface area contributed by atoms with Gasteiger partial charge in [-0.05, 0) is 71.1 Å². The van der Waals surface area contributed by atoms with E-state index in [9.17, 15) is 8.78 Å². The molecule has 0 saturated carbocycles. The summed E-state index contributed by atoms with van der Waals surface area (Å²) in [5.41, 5.74) is 2.62. The van der Waals surface area contributed by atoms with E-state index in [2.05, 4.69) is 21.4 Å². The highest BCUT2D eigenvalue weighted by atomic mass is 32.1. The van der Waals surface area contributed by atoms with Gasteiger partial charge >= 0.3 is 0 Å². The molecule has 5 rings (SSSR count). The molecule has 168 valence electrons. The van der Waals surface area contributed by atoms with Crippen molar-refractivity contribution in [3.05, 3.63) is 94.9 Å². The average Bonchev–Trinajstić information content (AvgIpc) is 3.34. The maximum Gasteiger partial charge on any atom is 0.242 e. The quantitative estimate of drug-likeness (QED) is 0.293. The van der Waals surface area contributed by atoms with Crippen molar-refractivity contribution in [3.8, 4) is 34.9 Å². The number of anilines is 2. The number of aromatic nitrogens is 2. The molecule has 0 fully saturated rings. The van der Waals surface area contributed by atoms with Crippen molar-refractivity contribution in [2.24, 2.45) is 0 Å². The molecule has 0 unspecified atom stereocenters. The lowest BCUT2D eigenvalue weighted by molar-refractivity contribution is 0.433. The van der Waals surface area contributed by atoms with E-state index in [1.54, 1.807) is 48.5 Å². The zero-order valence-electron chi connectivity index (χ0n) is 17.8. The van der Waals surface area contributed by atoms with Gasteiger partial charge in [0.05, 0.1) is 22.7 Å². The predicted molar refractivity (Wildman–Crippen MR) is 128 cm³/mol. The molecule has 0 radical (unpaired) electrons. The third kappa shape index (κ3) is 4.49. The summed E-state index contributed by atoms with van der Waals surface area (Å²) < 4.78 is 35.4. The van der Waals surface area contributed by atoms with Crippen LogP contribution in [0.4, 0.5) is 20.4 Å². The van der Waals surface area contributed by atoms with Crippen LogP contribution in [0.25, 0.3) is 21.3 Å². The molecule has 1 N–H and O–H groups in total. The molecule has 0 atom stereocenters. The van der Waals surface area contributed by atoms with Crippen LogP contribution in [0.5, 0.6) is 11.6 Å². The Bertz CT molecular complexity index is 1650. The fourth-order valence-electron chi connectivity index (χ4n) is 3.37. The summed E-state index contributed by atoms with van der Waals surface area (Å²) in [6.45, 7) is 0. The van der Waals surface area contributed by atoms with Gasteiger partial charge in [0.2, 0.25) is 11.8 Å². The van der Waals surface area contributed by atoms with Crippen LogP contribution < -0.4 is 10.1 Å². The molecule has 0 aliphatic heterocycles. The number of rotatable bonds is 5. The second-order valence-corrected chi connectivity index (χ2v) is 8.27. The fraction of sp³-hybridized carbons (Fsp3) is 0. The fourth-order valence-corrected chi connectivity index (χ4v) is 4.13. The van der Waals surface area contributed by atoms with Crippen molar-refractivity contribution in [1.29, 1.82) is 10.5 Å². The molecule has 0 bridgehead atoms. The molecule has 2 heterocycles. The van der Waals surface area contributed by atoms with Gasteiger partial charge in [0.15, 0.2) is 11.6 Å². The van der Waals surface area contributed by atoms with Crippen molar-refractivity contribution in [1.82, 2.24) is 9.97 Å². The Morgan fingerprint density at radius 2 is 1.57 bits per heavy atom. The molecular formula is C26H13F2N5OS. The molecule has 0 saturated heterocycles.